The fourth-order valence-corrected chi connectivity index (χ4v) is 6.75. The zero-order valence-electron chi connectivity index (χ0n) is 23.7. The van der Waals surface area contributed by atoms with Crippen molar-refractivity contribution in [3.05, 3.63) is 95.2 Å². The standard InChI is InChI=1S/C31H30IN3O7S/c1-19-27(33-30(38)41-20(2)26-7-5-4-6-24(26)16-32)28(42-34-19)23-10-8-21(9-11-23)22-12-14-25(15-13-22)31(29(36)37)17-35(18-31)43(3,39)40/h4-15,20H,16-18H2,1-3H3,(H,33,38)(H,36,37)/t20-/m1/s1. The number of sulfonamides is 1. The molecule has 5 rings (SSSR count). The lowest BCUT2D eigenvalue weighted by atomic mass is 9.75. The van der Waals surface area contributed by atoms with Gasteiger partial charge in [0.05, 0.1) is 6.26 Å². The molecule has 2 heterocycles. The van der Waals surface area contributed by atoms with Crippen LogP contribution < -0.4 is 5.32 Å². The second-order valence-corrected chi connectivity index (χ2v) is 13.3. The summed E-state index contributed by atoms with van der Waals surface area (Å²) in [4.78, 5) is 24.9. The monoisotopic (exact) mass is 715 g/mol. The number of anilines is 1. The highest BCUT2D eigenvalue weighted by molar-refractivity contribution is 14.1. The number of benzene rings is 3. The molecule has 1 atom stereocenters. The Morgan fingerprint density at radius 3 is 2.21 bits per heavy atom. The Morgan fingerprint density at radius 1 is 1.05 bits per heavy atom. The van der Waals surface area contributed by atoms with Gasteiger partial charge in [0.15, 0.2) is 5.76 Å². The van der Waals surface area contributed by atoms with E-state index >= 15 is 0 Å². The number of nitrogens with one attached hydrogen (secondary N) is 1. The number of ether oxygens (including phenoxy) is 1. The molecule has 3 aromatic carbocycles. The van der Waals surface area contributed by atoms with E-state index in [-0.39, 0.29) is 13.1 Å². The van der Waals surface area contributed by atoms with E-state index in [4.69, 9.17) is 9.26 Å². The number of halogens is 1. The normalized spacial score (nSPS) is 15.3. The zero-order valence-corrected chi connectivity index (χ0v) is 26.7. The van der Waals surface area contributed by atoms with E-state index in [0.717, 1.165) is 37.2 Å². The van der Waals surface area contributed by atoms with Crippen LogP contribution in [-0.2, 0) is 29.4 Å². The maximum atomic E-state index is 12.8. The molecule has 43 heavy (non-hydrogen) atoms. The Morgan fingerprint density at radius 2 is 1.63 bits per heavy atom. The molecule has 1 aliphatic rings. The highest BCUT2D eigenvalue weighted by atomic mass is 127. The molecule has 2 N–H and O–H groups in total. The molecule has 0 unspecified atom stereocenters. The van der Waals surface area contributed by atoms with Crippen molar-refractivity contribution in [3.63, 3.8) is 0 Å². The smallest absolute Gasteiger partial charge is 0.412 e. The van der Waals surface area contributed by atoms with Crippen molar-refractivity contribution in [3.8, 4) is 22.5 Å². The van der Waals surface area contributed by atoms with Crippen molar-refractivity contribution in [1.29, 1.82) is 0 Å². The Balaban J connectivity index is 1.30. The largest absolute Gasteiger partial charge is 0.481 e. The molecule has 1 aliphatic heterocycles. The Kier molecular flexibility index (Phi) is 8.63. The summed E-state index contributed by atoms with van der Waals surface area (Å²) in [6, 6.07) is 22.4. The van der Waals surface area contributed by atoms with E-state index in [1.807, 2.05) is 67.6 Å². The zero-order chi connectivity index (χ0) is 30.9. The number of hydrogen-bond donors (Lipinski definition) is 2. The van der Waals surface area contributed by atoms with Crippen molar-refractivity contribution in [2.75, 3.05) is 24.7 Å². The Bertz CT molecular complexity index is 1760. The molecule has 10 nitrogen and oxygen atoms in total. The molecule has 1 saturated heterocycles. The van der Waals surface area contributed by atoms with E-state index in [1.165, 1.54) is 0 Å². The number of amides is 1. The predicted octanol–water partition coefficient (Wildman–Crippen LogP) is 6.16. The molecule has 0 radical (unpaired) electrons. The van der Waals surface area contributed by atoms with Gasteiger partial charge in [0, 0.05) is 23.1 Å². The lowest BCUT2D eigenvalue weighted by molar-refractivity contribution is -0.148. The molecular formula is C31H30IN3O7S. The van der Waals surface area contributed by atoms with Gasteiger partial charge in [0.25, 0.3) is 0 Å². The number of aliphatic carboxylic acids is 1. The molecule has 1 fully saturated rings. The van der Waals surface area contributed by atoms with Crippen LogP contribution in [0.4, 0.5) is 10.5 Å². The molecule has 0 saturated carbocycles. The molecule has 0 bridgehead atoms. The second kappa shape index (κ2) is 12.1. The molecule has 0 aliphatic carbocycles. The van der Waals surface area contributed by atoms with Gasteiger partial charge in [-0.3, -0.25) is 10.1 Å². The highest BCUT2D eigenvalue weighted by Gasteiger charge is 2.53. The number of alkyl halides is 1. The third-order valence-corrected chi connectivity index (χ3v) is 9.72. The second-order valence-electron chi connectivity index (χ2n) is 10.6. The summed E-state index contributed by atoms with van der Waals surface area (Å²) in [6.45, 7) is 3.37. The van der Waals surface area contributed by atoms with E-state index < -0.39 is 33.6 Å². The number of carbonyl (C=O) groups excluding carboxylic acids is 1. The number of hydrogen-bond acceptors (Lipinski definition) is 7. The summed E-state index contributed by atoms with van der Waals surface area (Å²) in [5.74, 6) is -0.666. The Labute approximate surface area is 263 Å². The first-order valence-electron chi connectivity index (χ1n) is 13.4. The van der Waals surface area contributed by atoms with E-state index in [2.05, 4.69) is 33.1 Å². The van der Waals surface area contributed by atoms with Crippen molar-refractivity contribution >= 4 is 50.4 Å². The lowest BCUT2D eigenvalue weighted by Crippen LogP contribution is -2.64. The molecule has 1 aromatic heterocycles. The Hall–Kier alpha value is -3.75. The minimum Gasteiger partial charge on any atom is -0.481 e. The van der Waals surface area contributed by atoms with E-state index in [9.17, 15) is 23.1 Å². The predicted molar refractivity (Wildman–Crippen MR) is 171 cm³/mol. The quantitative estimate of drug-likeness (QED) is 0.155. The number of carboxylic acids is 1. The topological polar surface area (TPSA) is 139 Å². The van der Waals surface area contributed by atoms with Crippen LogP contribution in [0.2, 0.25) is 0 Å². The first-order valence-corrected chi connectivity index (χ1v) is 16.8. The van der Waals surface area contributed by atoms with Crippen LogP contribution in [-0.4, -0.2) is 54.4 Å². The minimum absolute atomic E-state index is 0.0969. The summed E-state index contributed by atoms with van der Waals surface area (Å²) in [5.41, 5.74) is 4.67. The average Bonchev–Trinajstić information content (AvgIpc) is 3.31. The molecule has 0 spiro atoms. The molecule has 4 aromatic rings. The summed E-state index contributed by atoms with van der Waals surface area (Å²) in [5, 5.41) is 16.7. The number of aryl methyl sites for hydroxylation is 1. The number of aromatic nitrogens is 1. The maximum absolute atomic E-state index is 12.8. The summed E-state index contributed by atoms with van der Waals surface area (Å²) in [6.07, 6.45) is 0.00324. The van der Waals surface area contributed by atoms with Crippen LogP contribution in [0, 0.1) is 6.92 Å². The van der Waals surface area contributed by atoms with Crippen molar-refractivity contribution in [1.82, 2.24) is 9.46 Å². The van der Waals surface area contributed by atoms with Gasteiger partial charge < -0.3 is 14.4 Å². The van der Waals surface area contributed by atoms with Gasteiger partial charge >= 0.3 is 12.1 Å². The van der Waals surface area contributed by atoms with Crippen molar-refractivity contribution in [2.24, 2.45) is 0 Å². The molecule has 224 valence electrons. The maximum Gasteiger partial charge on any atom is 0.412 e. The number of carboxylic acid groups (broad SMARTS) is 1. The SMILES string of the molecule is Cc1noc(-c2ccc(-c3ccc(C4(C(=O)O)CN(S(C)(=O)=O)C4)cc3)cc2)c1NC(=O)O[C@H](C)c1ccccc1CI. The van der Waals surface area contributed by atoms with Crippen LogP contribution in [0.5, 0.6) is 0 Å². The van der Waals surface area contributed by atoms with Gasteiger partial charge in [0.2, 0.25) is 10.0 Å². The third-order valence-electron chi connectivity index (χ3n) is 7.70. The van der Waals surface area contributed by atoms with Gasteiger partial charge in [-0.2, -0.15) is 4.31 Å². The fourth-order valence-electron chi connectivity index (χ4n) is 5.15. The molecular weight excluding hydrogens is 685 g/mol. The lowest BCUT2D eigenvalue weighted by Gasteiger charge is -2.45. The van der Waals surface area contributed by atoms with Crippen LogP contribution in [0.25, 0.3) is 22.5 Å². The first-order chi connectivity index (χ1) is 20.4. The van der Waals surface area contributed by atoms with Gasteiger partial charge in [-0.05, 0) is 41.7 Å². The van der Waals surface area contributed by atoms with Gasteiger partial charge in [-0.25, -0.2) is 13.2 Å². The number of nitrogens with zero attached hydrogens (tertiary/aromatic N) is 2. The summed E-state index contributed by atoms with van der Waals surface area (Å²) < 4.78 is 36.8. The number of carbonyl (C=O) groups is 2. The summed E-state index contributed by atoms with van der Waals surface area (Å²) >= 11 is 2.28. The summed E-state index contributed by atoms with van der Waals surface area (Å²) in [7, 11) is -3.46. The van der Waals surface area contributed by atoms with E-state index in [1.54, 1.807) is 19.1 Å². The highest BCUT2D eigenvalue weighted by Crippen LogP contribution is 2.38. The van der Waals surface area contributed by atoms with E-state index in [0.29, 0.717) is 28.3 Å². The van der Waals surface area contributed by atoms with Crippen molar-refractivity contribution < 1.29 is 32.4 Å². The van der Waals surface area contributed by atoms with Gasteiger partial charge in [0.1, 0.15) is 22.9 Å². The molecule has 1 amide bonds. The van der Waals surface area contributed by atoms with Crippen LogP contribution in [0.3, 0.4) is 0 Å². The van der Waals surface area contributed by atoms with Gasteiger partial charge in [-0.15, -0.1) is 0 Å². The minimum atomic E-state index is -3.46. The third kappa shape index (κ3) is 6.17. The van der Waals surface area contributed by atoms with Crippen LogP contribution in [0.15, 0.2) is 77.3 Å². The van der Waals surface area contributed by atoms with Crippen molar-refractivity contribution in [2.45, 2.75) is 29.8 Å². The first kappa shape index (κ1) is 30.7. The van der Waals surface area contributed by atoms with Crippen LogP contribution >= 0.6 is 22.6 Å². The molecule has 12 heteroatoms. The van der Waals surface area contributed by atoms with Crippen LogP contribution in [0.1, 0.15) is 35.4 Å². The average molecular weight is 716 g/mol. The van der Waals surface area contributed by atoms with Gasteiger partial charge in [-0.1, -0.05) is 101 Å². The number of rotatable bonds is 9. The fraction of sp³-hybridized carbons (Fsp3) is 0.258.